The molecule has 0 aliphatic carbocycles. The van der Waals surface area contributed by atoms with Crippen LogP contribution in [-0.2, 0) is 0 Å². The van der Waals surface area contributed by atoms with Crippen LogP contribution in [0.5, 0.6) is 5.75 Å². The standard InChI is InChI=1S/C18H11Br2ClN4O2/c1-10-24-16-3-2-12(19)7-14(16)18(26)25(10)23-9-11-6-13(21)8-15(20)17(11)27-5-4-22/h2-3,6-9H,5H2,1H3. The molecular formula is C18H11Br2ClN4O2. The van der Waals surface area contributed by atoms with Crippen LogP contribution >= 0.6 is 43.5 Å². The summed E-state index contributed by atoms with van der Waals surface area (Å²) in [5, 5.41) is 13.9. The fraction of sp³-hybridized carbons (Fsp3) is 0.111. The van der Waals surface area contributed by atoms with Crippen molar-refractivity contribution >= 4 is 60.6 Å². The average molecular weight is 511 g/mol. The Hall–Kier alpha value is -2.21. The van der Waals surface area contributed by atoms with Gasteiger partial charge in [-0.25, -0.2) is 4.98 Å². The van der Waals surface area contributed by atoms with Crippen molar-refractivity contribution in [1.29, 1.82) is 5.26 Å². The first-order chi connectivity index (χ1) is 12.9. The normalized spacial score (nSPS) is 11.1. The predicted molar refractivity (Wildman–Crippen MR) is 112 cm³/mol. The van der Waals surface area contributed by atoms with Gasteiger partial charge in [-0.05, 0) is 53.2 Å². The van der Waals surface area contributed by atoms with Gasteiger partial charge in [-0.3, -0.25) is 4.79 Å². The van der Waals surface area contributed by atoms with Crippen molar-refractivity contribution in [2.24, 2.45) is 5.10 Å². The Morgan fingerprint density at radius 1 is 1.37 bits per heavy atom. The molecule has 2 aromatic carbocycles. The van der Waals surface area contributed by atoms with Crippen LogP contribution in [0.25, 0.3) is 10.9 Å². The second kappa shape index (κ2) is 8.21. The second-order valence-corrected chi connectivity index (χ2v) is 7.64. The Morgan fingerprint density at radius 2 is 2.15 bits per heavy atom. The summed E-state index contributed by atoms with van der Waals surface area (Å²) in [5.74, 6) is 0.846. The van der Waals surface area contributed by atoms with Gasteiger partial charge in [0.1, 0.15) is 17.6 Å². The number of halogens is 3. The third-order valence-corrected chi connectivity index (χ3v) is 4.90. The molecule has 27 heavy (non-hydrogen) atoms. The molecule has 3 rings (SSSR count). The van der Waals surface area contributed by atoms with E-state index in [1.165, 1.54) is 10.9 Å². The molecule has 0 N–H and O–H groups in total. The molecular weight excluding hydrogens is 499 g/mol. The number of hydrogen-bond acceptors (Lipinski definition) is 5. The van der Waals surface area contributed by atoms with Gasteiger partial charge >= 0.3 is 0 Å². The minimum absolute atomic E-state index is 0.133. The van der Waals surface area contributed by atoms with Crippen LogP contribution in [-0.4, -0.2) is 22.5 Å². The maximum Gasteiger partial charge on any atom is 0.282 e. The van der Waals surface area contributed by atoms with Crippen molar-refractivity contribution in [1.82, 2.24) is 9.66 Å². The number of nitrogens with zero attached hydrogens (tertiary/aromatic N) is 4. The van der Waals surface area contributed by atoms with Crippen LogP contribution in [0.1, 0.15) is 11.4 Å². The quantitative estimate of drug-likeness (QED) is 0.478. The van der Waals surface area contributed by atoms with E-state index in [4.69, 9.17) is 21.6 Å². The van der Waals surface area contributed by atoms with Gasteiger partial charge in [-0.2, -0.15) is 15.0 Å². The van der Waals surface area contributed by atoms with Crippen LogP contribution in [0, 0.1) is 18.3 Å². The largest absolute Gasteiger partial charge is 0.477 e. The average Bonchev–Trinajstić information content (AvgIpc) is 2.61. The molecule has 3 aromatic rings. The lowest BCUT2D eigenvalue weighted by Crippen LogP contribution is -2.20. The highest BCUT2D eigenvalue weighted by molar-refractivity contribution is 9.10. The Bertz CT molecular complexity index is 1170. The zero-order valence-electron chi connectivity index (χ0n) is 13.9. The van der Waals surface area contributed by atoms with E-state index in [1.807, 2.05) is 12.1 Å². The molecule has 0 aliphatic rings. The van der Waals surface area contributed by atoms with Crippen molar-refractivity contribution in [2.45, 2.75) is 6.92 Å². The van der Waals surface area contributed by atoms with E-state index in [-0.39, 0.29) is 12.2 Å². The van der Waals surface area contributed by atoms with Gasteiger partial charge < -0.3 is 4.74 Å². The monoisotopic (exact) mass is 508 g/mol. The smallest absolute Gasteiger partial charge is 0.282 e. The van der Waals surface area contributed by atoms with E-state index < -0.39 is 0 Å². The molecule has 0 unspecified atom stereocenters. The molecule has 0 saturated heterocycles. The third-order valence-electron chi connectivity index (χ3n) is 3.60. The van der Waals surface area contributed by atoms with E-state index in [1.54, 1.807) is 31.2 Å². The summed E-state index contributed by atoms with van der Waals surface area (Å²) in [4.78, 5) is 17.2. The minimum Gasteiger partial charge on any atom is -0.477 e. The van der Waals surface area contributed by atoms with E-state index in [2.05, 4.69) is 41.9 Å². The lowest BCUT2D eigenvalue weighted by molar-refractivity contribution is 0.365. The van der Waals surface area contributed by atoms with Gasteiger partial charge in [-0.15, -0.1) is 0 Å². The summed E-state index contributed by atoms with van der Waals surface area (Å²) in [6.07, 6.45) is 1.45. The molecule has 9 heteroatoms. The maximum atomic E-state index is 12.8. The van der Waals surface area contributed by atoms with Crippen LogP contribution < -0.4 is 10.3 Å². The molecule has 0 saturated carbocycles. The summed E-state index contributed by atoms with van der Waals surface area (Å²) in [7, 11) is 0. The van der Waals surface area contributed by atoms with Crippen LogP contribution in [0.3, 0.4) is 0 Å². The summed E-state index contributed by atoms with van der Waals surface area (Å²) in [6.45, 7) is 1.56. The van der Waals surface area contributed by atoms with Gasteiger partial charge in [0.25, 0.3) is 5.56 Å². The lowest BCUT2D eigenvalue weighted by Gasteiger charge is -2.10. The summed E-state index contributed by atoms with van der Waals surface area (Å²) < 4.78 is 8.00. The van der Waals surface area contributed by atoms with Crippen LogP contribution in [0.4, 0.5) is 0 Å². The SMILES string of the molecule is Cc1nc2ccc(Br)cc2c(=O)n1N=Cc1cc(Cl)cc(Br)c1OCC#N. The number of ether oxygens (including phenoxy) is 1. The molecule has 0 spiro atoms. The highest BCUT2D eigenvalue weighted by Crippen LogP contribution is 2.32. The Kier molecular flexibility index (Phi) is 5.95. The highest BCUT2D eigenvalue weighted by atomic mass is 79.9. The number of nitriles is 1. The highest BCUT2D eigenvalue weighted by Gasteiger charge is 2.11. The van der Waals surface area contributed by atoms with E-state index in [0.29, 0.717) is 37.5 Å². The van der Waals surface area contributed by atoms with Gasteiger partial charge in [-0.1, -0.05) is 27.5 Å². The second-order valence-electron chi connectivity index (χ2n) is 5.43. The molecule has 0 atom stereocenters. The van der Waals surface area contributed by atoms with E-state index >= 15 is 0 Å². The number of rotatable bonds is 4. The predicted octanol–water partition coefficient (Wildman–Crippen LogP) is 4.67. The van der Waals surface area contributed by atoms with E-state index in [9.17, 15) is 4.79 Å². The maximum absolute atomic E-state index is 12.8. The van der Waals surface area contributed by atoms with Gasteiger partial charge in [0.2, 0.25) is 0 Å². The number of aromatic nitrogens is 2. The van der Waals surface area contributed by atoms with Crippen LogP contribution in [0.15, 0.2) is 49.2 Å². The molecule has 0 radical (unpaired) electrons. The topological polar surface area (TPSA) is 80.3 Å². The lowest BCUT2D eigenvalue weighted by atomic mass is 10.2. The zero-order valence-corrected chi connectivity index (χ0v) is 17.8. The molecule has 1 aromatic heterocycles. The van der Waals surface area contributed by atoms with Crippen molar-refractivity contribution in [3.05, 3.63) is 66.0 Å². The molecule has 6 nitrogen and oxygen atoms in total. The number of benzene rings is 2. The van der Waals surface area contributed by atoms with Gasteiger partial charge in [0, 0.05) is 15.1 Å². The first kappa shape index (κ1) is 19.5. The summed E-state index contributed by atoms with van der Waals surface area (Å²) >= 11 is 12.8. The molecule has 0 amide bonds. The number of aryl methyl sites for hydroxylation is 1. The summed E-state index contributed by atoms with van der Waals surface area (Å²) in [5.41, 5.74) is 0.816. The molecule has 1 heterocycles. The molecule has 0 aliphatic heterocycles. The Labute approximate surface area is 176 Å². The van der Waals surface area contributed by atoms with Crippen molar-refractivity contribution in [3.63, 3.8) is 0 Å². The number of fused-ring (bicyclic) bond motifs is 1. The molecule has 0 bridgehead atoms. The van der Waals surface area contributed by atoms with Gasteiger partial charge in [0.15, 0.2) is 6.61 Å². The van der Waals surface area contributed by atoms with E-state index in [0.717, 1.165) is 4.47 Å². The first-order valence-corrected chi connectivity index (χ1v) is 9.59. The Morgan fingerprint density at radius 3 is 2.89 bits per heavy atom. The fourth-order valence-electron chi connectivity index (χ4n) is 2.45. The summed E-state index contributed by atoms with van der Waals surface area (Å²) in [6, 6.07) is 10.5. The zero-order chi connectivity index (χ0) is 19.6. The molecule has 0 fully saturated rings. The molecule has 136 valence electrons. The minimum atomic E-state index is -0.296. The van der Waals surface area contributed by atoms with Crippen molar-refractivity contribution in [2.75, 3.05) is 6.61 Å². The van der Waals surface area contributed by atoms with Gasteiger partial charge in [0.05, 0.1) is 21.6 Å². The third kappa shape index (κ3) is 4.21. The Balaban J connectivity index is 2.12. The number of hydrogen-bond donors (Lipinski definition) is 0. The van der Waals surface area contributed by atoms with Crippen LogP contribution in [0.2, 0.25) is 5.02 Å². The fourth-order valence-corrected chi connectivity index (χ4v) is 3.76. The van der Waals surface area contributed by atoms with Crippen molar-refractivity contribution < 1.29 is 4.74 Å². The van der Waals surface area contributed by atoms with Crippen molar-refractivity contribution in [3.8, 4) is 11.8 Å². The first-order valence-electron chi connectivity index (χ1n) is 7.63.